The summed E-state index contributed by atoms with van der Waals surface area (Å²) in [5.74, 6) is 0.832. The van der Waals surface area contributed by atoms with E-state index in [1.807, 2.05) is 24.3 Å². The zero-order valence-corrected chi connectivity index (χ0v) is 12.0. The molecule has 0 saturated carbocycles. The maximum atomic E-state index is 10.5. The molecule has 1 heterocycles. The van der Waals surface area contributed by atoms with E-state index in [0.29, 0.717) is 0 Å². The van der Waals surface area contributed by atoms with Gasteiger partial charge in [-0.05, 0) is 50.6 Å². The van der Waals surface area contributed by atoms with Gasteiger partial charge in [-0.15, -0.1) is 0 Å². The van der Waals surface area contributed by atoms with Crippen molar-refractivity contribution in [1.82, 2.24) is 4.90 Å². The number of likely N-dealkylation sites (tertiary alicyclic amines) is 1. The Morgan fingerprint density at radius 3 is 2.16 bits per heavy atom. The summed E-state index contributed by atoms with van der Waals surface area (Å²) in [4.78, 5) is 2.42. The van der Waals surface area contributed by atoms with Gasteiger partial charge in [0.2, 0.25) is 0 Å². The molecule has 2 atom stereocenters. The van der Waals surface area contributed by atoms with Gasteiger partial charge in [-0.1, -0.05) is 25.0 Å². The van der Waals surface area contributed by atoms with Gasteiger partial charge in [-0.25, -0.2) is 0 Å². The molecular formula is C16H25NO2. The molecule has 3 nitrogen and oxygen atoms in total. The molecule has 1 N–H and O–H groups in total. The van der Waals surface area contributed by atoms with E-state index in [1.54, 1.807) is 7.11 Å². The quantitative estimate of drug-likeness (QED) is 0.906. The van der Waals surface area contributed by atoms with E-state index >= 15 is 0 Å². The molecule has 19 heavy (non-hydrogen) atoms. The highest BCUT2D eigenvalue weighted by atomic mass is 16.5. The van der Waals surface area contributed by atoms with Crippen LogP contribution >= 0.6 is 0 Å². The van der Waals surface area contributed by atoms with Gasteiger partial charge in [0, 0.05) is 6.04 Å². The minimum Gasteiger partial charge on any atom is -0.497 e. The molecule has 0 radical (unpaired) electrons. The smallest absolute Gasteiger partial charge is 0.118 e. The van der Waals surface area contributed by atoms with Crippen LogP contribution < -0.4 is 4.74 Å². The van der Waals surface area contributed by atoms with Gasteiger partial charge in [0.15, 0.2) is 0 Å². The summed E-state index contributed by atoms with van der Waals surface area (Å²) < 4.78 is 5.15. The first kappa shape index (κ1) is 14.4. The number of rotatable bonds is 4. The number of benzene rings is 1. The lowest BCUT2D eigenvalue weighted by molar-refractivity contribution is 0.0597. The summed E-state index contributed by atoms with van der Waals surface area (Å²) >= 11 is 0. The molecule has 1 aromatic rings. The Kier molecular flexibility index (Phi) is 5.23. The third kappa shape index (κ3) is 3.71. The average molecular weight is 263 g/mol. The molecule has 1 aliphatic heterocycles. The summed E-state index contributed by atoms with van der Waals surface area (Å²) in [6.45, 7) is 4.34. The summed E-state index contributed by atoms with van der Waals surface area (Å²) in [7, 11) is 1.66. The average Bonchev–Trinajstić information content (AvgIpc) is 2.75. The molecule has 106 valence electrons. The third-order valence-electron chi connectivity index (χ3n) is 4.13. The zero-order chi connectivity index (χ0) is 13.7. The number of ether oxygens (including phenoxy) is 1. The van der Waals surface area contributed by atoms with Crippen molar-refractivity contribution in [3.8, 4) is 5.75 Å². The van der Waals surface area contributed by atoms with Crippen molar-refractivity contribution in [1.29, 1.82) is 0 Å². The van der Waals surface area contributed by atoms with Crippen molar-refractivity contribution in [2.24, 2.45) is 0 Å². The molecule has 0 aliphatic carbocycles. The molecule has 0 amide bonds. The molecule has 0 spiro atoms. The second kappa shape index (κ2) is 6.92. The topological polar surface area (TPSA) is 32.7 Å². The number of hydrogen-bond acceptors (Lipinski definition) is 3. The Hall–Kier alpha value is -1.06. The largest absolute Gasteiger partial charge is 0.497 e. The Labute approximate surface area is 116 Å². The first-order valence-electron chi connectivity index (χ1n) is 7.28. The predicted molar refractivity (Wildman–Crippen MR) is 77.5 cm³/mol. The molecule has 2 rings (SSSR count). The van der Waals surface area contributed by atoms with Crippen LogP contribution in [0.3, 0.4) is 0 Å². The van der Waals surface area contributed by atoms with E-state index in [-0.39, 0.29) is 6.04 Å². The van der Waals surface area contributed by atoms with E-state index in [0.717, 1.165) is 24.4 Å². The fraction of sp³-hybridized carbons (Fsp3) is 0.625. The Morgan fingerprint density at radius 1 is 1.05 bits per heavy atom. The van der Waals surface area contributed by atoms with E-state index in [1.165, 1.54) is 25.7 Å². The number of aliphatic hydroxyl groups excluding tert-OH is 1. The third-order valence-corrected chi connectivity index (χ3v) is 4.13. The summed E-state index contributed by atoms with van der Waals surface area (Å²) in [5, 5.41) is 10.5. The van der Waals surface area contributed by atoms with Crippen LogP contribution in [0.5, 0.6) is 5.75 Å². The molecule has 1 aromatic carbocycles. The predicted octanol–water partition coefficient (Wildman–Crippen LogP) is 2.99. The van der Waals surface area contributed by atoms with E-state index in [2.05, 4.69) is 11.8 Å². The highest BCUT2D eigenvalue weighted by molar-refractivity contribution is 5.29. The van der Waals surface area contributed by atoms with Gasteiger partial charge < -0.3 is 9.84 Å². The summed E-state index contributed by atoms with van der Waals surface area (Å²) in [6.07, 6.45) is 4.72. The monoisotopic (exact) mass is 263 g/mol. The van der Waals surface area contributed by atoms with Crippen LogP contribution in [0.4, 0.5) is 0 Å². The first-order valence-corrected chi connectivity index (χ1v) is 7.28. The number of nitrogens with zero attached hydrogens (tertiary/aromatic N) is 1. The van der Waals surface area contributed by atoms with E-state index in [4.69, 9.17) is 4.74 Å². The summed E-state index contributed by atoms with van der Waals surface area (Å²) in [5.41, 5.74) is 0.970. The molecule has 0 aromatic heterocycles. The molecule has 1 aliphatic rings. The lowest BCUT2D eigenvalue weighted by Gasteiger charge is -2.31. The van der Waals surface area contributed by atoms with Crippen LogP contribution in [0.25, 0.3) is 0 Å². The number of methoxy groups -OCH3 is 1. The Morgan fingerprint density at radius 2 is 1.63 bits per heavy atom. The molecular weight excluding hydrogens is 238 g/mol. The number of hydrogen-bond donors (Lipinski definition) is 1. The zero-order valence-electron chi connectivity index (χ0n) is 12.0. The minimum atomic E-state index is -0.427. The molecule has 0 unspecified atom stereocenters. The van der Waals surface area contributed by atoms with Crippen molar-refractivity contribution in [2.75, 3.05) is 20.2 Å². The molecule has 3 heteroatoms. The van der Waals surface area contributed by atoms with Gasteiger partial charge in [0.25, 0.3) is 0 Å². The fourth-order valence-electron chi connectivity index (χ4n) is 2.78. The Bertz CT molecular complexity index is 369. The lowest BCUT2D eigenvalue weighted by atomic mass is 10.0. The lowest BCUT2D eigenvalue weighted by Crippen LogP contribution is -2.38. The summed E-state index contributed by atoms with van der Waals surface area (Å²) in [6, 6.07) is 7.91. The standard InChI is InChI=1S/C16H25NO2/c1-13(17-11-5-3-4-6-12-17)16(18)14-7-9-15(19-2)10-8-14/h7-10,13,16,18H,3-6,11-12H2,1-2H3/t13-,16+/m0/s1. The second-order valence-electron chi connectivity index (χ2n) is 5.41. The van der Waals surface area contributed by atoms with Crippen molar-refractivity contribution < 1.29 is 9.84 Å². The van der Waals surface area contributed by atoms with Gasteiger partial charge in [0.05, 0.1) is 13.2 Å². The van der Waals surface area contributed by atoms with Gasteiger partial charge in [0.1, 0.15) is 5.75 Å². The van der Waals surface area contributed by atoms with Crippen LogP contribution in [0.15, 0.2) is 24.3 Å². The van der Waals surface area contributed by atoms with Crippen LogP contribution in [0, 0.1) is 0 Å². The van der Waals surface area contributed by atoms with E-state index in [9.17, 15) is 5.11 Å². The van der Waals surface area contributed by atoms with Crippen LogP contribution in [0.1, 0.15) is 44.3 Å². The second-order valence-corrected chi connectivity index (χ2v) is 5.41. The molecule has 0 bridgehead atoms. The highest BCUT2D eigenvalue weighted by Gasteiger charge is 2.23. The first-order chi connectivity index (χ1) is 9.22. The van der Waals surface area contributed by atoms with E-state index < -0.39 is 6.10 Å². The molecule has 1 fully saturated rings. The SMILES string of the molecule is COc1ccc([C@H](O)[C@H](C)N2CCCCCC2)cc1. The minimum absolute atomic E-state index is 0.173. The van der Waals surface area contributed by atoms with Gasteiger partial charge >= 0.3 is 0 Å². The molecule has 1 saturated heterocycles. The van der Waals surface area contributed by atoms with Crippen LogP contribution in [-0.4, -0.2) is 36.2 Å². The van der Waals surface area contributed by atoms with Gasteiger partial charge in [-0.3, -0.25) is 4.90 Å². The van der Waals surface area contributed by atoms with Crippen LogP contribution in [0.2, 0.25) is 0 Å². The van der Waals surface area contributed by atoms with Crippen molar-refractivity contribution in [2.45, 2.75) is 44.8 Å². The normalized spacial score (nSPS) is 20.6. The maximum absolute atomic E-state index is 10.5. The van der Waals surface area contributed by atoms with Crippen LogP contribution in [-0.2, 0) is 0 Å². The van der Waals surface area contributed by atoms with Crippen molar-refractivity contribution in [3.05, 3.63) is 29.8 Å². The highest BCUT2D eigenvalue weighted by Crippen LogP contribution is 2.24. The van der Waals surface area contributed by atoms with Crippen molar-refractivity contribution >= 4 is 0 Å². The van der Waals surface area contributed by atoms with Gasteiger partial charge in [-0.2, -0.15) is 0 Å². The fourth-order valence-corrected chi connectivity index (χ4v) is 2.78. The maximum Gasteiger partial charge on any atom is 0.118 e. The van der Waals surface area contributed by atoms with Crippen molar-refractivity contribution in [3.63, 3.8) is 0 Å². The Balaban J connectivity index is 2.01. The number of aliphatic hydroxyl groups is 1.